The zero-order chi connectivity index (χ0) is 13.0. The highest BCUT2D eigenvalue weighted by atomic mass is 79.9. The predicted octanol–water partition coefficient (Wildman–Crippen LogP) is 3.03. The zero-order valence-corrected chi connectivity index (χ0v) is 12.4. The lowest BCUT2D eigenvalue weighted by atomic mass is 10.2. The van der Waals surface area contributed by atoms with Gasteiger partial charge in [0.25, 0.3) is 0 Å². The molecule has 0 aliphatic heterocycles. The number of methoxy groups -OCH3 is 1. The fraction of sp³-hybridized carbons (Fsp3) is 0.429. The molecule has 0 bridgehead atoms. The highest BCUT2D eigenvalue weighted by Gasteiger charge is 2.03. The smallest absolute Gasteiger partial charge is 0.0613 e. The van der Waals surface area contributed by atoms with Gasteiger partial charge in [0, 0.05) is 42.4 Å². The largest absolute Gasteiger partial charge is 0.383 e. The number of hydrogen-bond donors (Lipinski definition) is 1. The lowest BCUT2D eigenvalue weighted by Gasteiger charge is -2.13. The van der Waals surface area contributed by atoms with Gasteiger partial charge < -0.3 is 14.6 Å². The molecule has 1 heterocycles. The second-order valence-corrected chi connectivity index (χ2v) is 5.44. The third-order valence-electron chi connectivity index (χ3n) is 3.00. The maximum Gasteiger partial charge on any atom is 0.0613 e. The number of ether oxygens (including phenoxy) is 1. The minimum Gasteiger partial charge on any atom is -0.383 e. The molecular weight excluding hydrogens is 292 g/mol. The van der Waals surface area contributed by atoms with Crippen LogP contribution in [0.5, 0.6) is 0 Å². The van der Waals surface area contributed by atoms with E-state index in [4.69, 9.17) is 4.74 Å². The van der Waals surface area contributed by atoms with E-state index in [1.807, 2.05) is 0 Å². The van der Waals surface area contributed by atoms with Crippen molar-refractivity contribution in [3.63, 3.8) is 0 Å². The summed E-state index contributed by atoms with van der Waals surface area (Å²) < 4.78 is 8.49. The number of rotatable bonds is 6. The van der Waals surface area contributed by atoms with Crippen molar-refractivity contribution in [1.82, 2.24) is 9.88 Å². The van der Waals surface area contributed by atoms with Gasteiger partial charge in [0.2, 0.25) is 0 Å². The van der Waals surface area contributed by atoms with E-state index in [1.54, 1.807) is 7.11 Å². The molecule has 4 heteroatoms. The monoisotopic (exact) mass is 310 g/mol. The first-order valence-electron chi connectivity index (χ1n) is 6.17. The van der Waals surface area contributed by atoms with Crippen LogP contribution >= 0.6 is 15.9 Å². The molecule has 0 saturated carbocycles. The molecule has 2 rings (SSSR count). The topological polar surface area (TPSA) is 26.2 Å². The molecule has 0 spiro atoms. The number of nitrogens with zero attached hydrogens (tertiary/aromatic N) is 1. The van der Waals surface area contributed by atoms with Crippen molar-refractivity contribution in [2.75, 3.05) is 20.3 Å². The van der Waals surface area contributed by atoms with Crippen LogP contribution in [-0.2, 0) is 11.3 Å². The van der Waals surface area contributed by atoms with Crippen LogP contribution in [0.4, 0.5) is 0 Å². The molecule has 18 heavy (non-hydrogen) atoms. The van der Waals surface area contributed by atoms with E-state index >= 15 is 0 Å². The predicted molar refractivity (Wildman–Crippen MR) is 79.0 cm³/mol. The highest BCUT2D eigenvalue weighted by Crippen LogP contribution is 2.20. The standard InChI is InChI=1S/C14H19BrN2O/c1-11(10-18-2)16-6-8-17-7-5-12-3-4-13(15)9-14(12)17/h3-5,7,9,11,16H,6,8,10H2,1-2H3. The molecular formula is C14H19BrN2O. The first-order chi connectivity index (χ1) is 8.70. The summed E-state index contributed by atoms with van der Waals surface area (Å²) in [6.07, 6.45) is 2.14. The fourth-order valence-electron chi connectivity index (χ4n) is 2.09. The molecule has 0 aliphatic rings. The Kier molecular flexibility index (Phi) is 4.80. The second-order valence-electron chi connectivity index (χ2n) is 4.52. The van der Waals surface area contributed by atoms with Gasteiger partial charge in [-0.3, -0.25) is 0 Å². The molecule has 0 radical (unpaired) electrons. The molecule has 3 nitrogen and oxygen atoms in total. The van der Waals surface area contributed by atoms with Crippen LogP contribution in [0.1, 0.15) is 6.92 Å². The lowest BCUT2D eigenvalue weighted by Crippen LogP contribution is -2.32. The number of benzene rings is 1. The van der Waals surface area contributed by atoms with Gasteiger partial charge in [-0.2, -0.15) is 0 Å². The van der Waals surface area contributed by atoms with E-state index in [9.17, 15) is 0 Å². The van der Waals surface area contributed by atoms with Crippen LogP contribution in [0.15, 0.2) is 34.9 Å². The fourth-order valence-corrected chi connectivity index (χ4v) is 2.44. The number of fused-ring (bicyclic) bond motifs is 1. The zero-order valence-electron chi connectivity index (χ0n) is 10.8. The van der Waals surface area contributed by atoms with E-state index in [2.05, 4.69) is 63.2 Å². The Bertz CT molecular complexity index is 509. The van der Waals surface area contributed by atoms with Crippen molar-refractivity contribution in [2.24, 2.45) is 0 Å². The molecule has 1 unspecified atom stereocenters. The van der Waals surface area contributed by atoms with Crippen LogP contribution in [0.3, 0.4) is 0 Å². The van der Waals surface area contributed by atoms with Gasteiger partial charge in [0.15, 0.2) is 0 Å². The minimum atomic E-state index is 0.392. The van der Waals surface area contributed by atoms with Gasteiger partial charge in [0.1, 0.15) is 0 Å². The van der Waals surface area contributed by atoms with Crippen LogP contribution in [0.2, 0.25) is 0 Å². The van der Waals surface area contributed by atoms with E-state index < -0.39 is 0 Å². The van der Waals surface area contributed by atoms with Crippen molar-refractivity contribution < 1.29 is 4.74 Å². The van der Waals surface area contributed by atoms with Crippen LogP contribution in [0.25, 0.3) is 10.9 Å². The highest BCUT2D eigenvalue weighted by molar-refractivity contribution is 9.10. The Balaban J connectivity index is 1.97. The Labute approximate surface area is 116 Å². The van der Waals surface area contributed by atoms with Crippen LogP contribution < -0.4 is 5.32 Å². The maximum atomic E-state index is 5.10. The van der Waals surface area contributed by atoms with Crippen molar-refractivity contribution in [3.05, 3.63) is 34.9 Å². The molecule has 0 aliphatic carbocycles. The van der Waals surface area contributed by atoms with E-state index in [-0.39, 0.29) is 0 Å². The normalized spacial score (nSPS) is 13.1. The summed E-state index contributed by atoms with van der Waals surface area (Å²) in [6.45, 7) is 4.79. The summed E-state index contributed by atoms with van der Waals surface area (Å²) in [5.74, 6) is 0. The van der Waals surface area contributed by atoms with Gasteiger partial charge in [-0.05, 0) is 30.5 Å². The van der Waals surface area contributed by atoms with Crippen molar-refractivity contribution in [3.8, 4) is 0 Å². The summed E-state index contributed by atoms with van der Waals surface area (Å²) in [7, 11) is 1.73. The summed E-state index contributed by atoms with van der Waals surface area (Å²) in [4.78, 5) is 0. The third-order valence-corrected chi connectivity index (χ3v) is 3.49. The van der Waals surface area contributed by atoms with Crippen molar-refractivity contribution in [1.29, 1.82) is 0 Å². The van der Waals surface area contributed by atoms with Gasteiger partial charge in [-0.1, -0.05) is 22.0 Å². The van der Waals surface area contributed by atoms with Gasteiger partial charge in [0.05, 0.1) is 6.61 Å². The van der Waals surface area contributed by atoms with Gasteiger partial charge in [-0.25, -0.2) is 0 Å². The molecule has 1 atom stereocenters. The van der Waals surface area contributed by atoms with Crippen molar-refractivity contribution in [2.45, 2.75) is 19.5 Å². The quantitative estimate of drug-likeness (QED) is 0.887. The Hall–Kier alpha value is -0.840. The second kappa shape index (κ2) is 6.36. The SMILES string of the molecule is COCC(C)NCCn1ccc2ccc(Br)cc21. The van der Waals surface area contributed by atoms with Crippen LogP contribution in [-0.4, -0.2) is 30.9 Å². The Morgan fingerprint density at radius 1 is 1.39 bits per heavy atom. The van der Waals surface area contributed by atoms with E-state index in [0.29, 0.717) is 6.04 Å². The van der Waals surface area contributed by atoms with E-state index in [1.165, 1.54) is 10.9 Å². The average molecular weight is 311 g/mol. The molecule has 2 aromatic rings. The molecule has 0 fully saturated rings. The number of hydrogen-bond acceptors (Lipinski definition) is 2. The first-order valence-corrected chi connectivity index (χ1v) is 6.96. The Morgan fingerprint density at radius 2 is 2.22 bits per heavy atom. The number of halogens is 1. The molecule has 98 valence electrons. The lowest BCUT2D eigenvalue weighted by molar-refractivity contribution is 0.172. The van der Waals surface area contributed by atoms with Crippen LogP contribution in [0, 0.1) is 0 Å². The molecule has 1 aromatic heterocycles. The van der Waals surface area contributed by atoms with Crippen molar-refractivity contribution >= 4 is 26.8 Å². The molecule has 1 N–H and O–H groups in total. The van der Waals surface area contributed by atoms with Gasteiger partial charge >= 0.3 is 0 Å². The first kappa shape index (κ1) is 13.6. The summed E-state index contributed by atoms with van der Waals surface area (Å²) in [5.41, 5.74) is 1.27. The summed E-state index contributed by atoms with van der Waals surface area (Å²) in [6, 6.07) is 8.92. The maximum absolute atomic E-state index is 5.10. The Morgan fingerprint density at radius 3 is 3.00 bits per heavy atom. The van der Waals surface area contributed by atoms with Gasteiger partial charge in [-0.15, -0.1) is 0 Å². The summed E-state index contributed by atoms with van der Waals surface area (Å²) >= 11 is 3.52. The average Bonchev–Trinajstić information content (AvgIpc) is 2.72. The number of aromatic nitrogens is 1. The molecule has 1 aromatic carbocycles. The number of nitrogens with one attached hydrogen (secondary N) is 1. The molecule has 0 saturated heterocycles. The minimum absolute atomic E-state index is 0.392. The van der Waals surface area contributed by atoms with E-state index in [0.717, 1.165) is 24.2 Å². The molecule has 0 amide bonds. The third kappa shape index (κ3) is 3.34. The summed E-state index contributed by atoms with van der Waals surface area (Å²) in [5, 5.41) is 4.72.